The highest BCUT2D eigenvalue weighted by Crippen LogP contribution is 2.43. The lowest BCUT2D eigenvalue weighted by atomic mass is 9.80. The number of esters is 1. The molecule has 3 aromatic carbocycles. The van der Waals surface area contributed by atoms with Gasteiger partial charge in [0.15, 0.2) is 0 Å². The molecule has 0 aliphatic carbocycles. The minimum Gasteiger partial charge on any atom is -0.447 e. The second-order valence-electron chi connectivity index (χ2n) is 8.22. The Morgan fingerprint density at radius 2 is 1.61 bits per heavy atom. The van der Waals surface area contributed by atoms with Crippen LogP contribution in [0.4, 0.5) is 5.69 Å². The Morgan fingerprint density at radius 1 is 0.968 bits per heavy atom. The van der Waals surface area contributed by atoms with E-state index in [1.54, 1.807) is 0 Å². The van der Waals surface area contributed by atoms with E-state index in [1.165, 1.54) is 12.5 Å². The Morgan fingerprint density at radius 3 is 2.26 bits per heavy atom. The number of anilines is 1. The summed E-state index contributed by atoms with van der Waals surface area (Å²) in [6, 6.07) is 25.8. The van der Waals surface area contributed by atoms with Gasteiger partial charge in [-0.25, -0.2) is 0 Å². The number of rotatable bonds is 4. The molecule has 0 N–H and O–H groups in total. The van der Waals surface area contributed by atoms with E-state index in [0.717, 1.165) is 23.2 Å². The Kier molecular flexibility index (Phi) is 5.90. The van der Waals surface area contributed by atoms with Crippen molar-refractivity contribution in [2.45, 2.75) is 45.3 Å². The highest BCUT2D eigenvalue weighted by atomic mass is 16.5. The largest absolute Gasteiger partial charge is 0.447 e. The summed E-state index contributed by atoms with van der Waals surface area (Å²) >= 11 is 0. The van der Waals surface area contributed by atoms with Crippen LogP contribution in [0.2, 0.25) is 0 Å². The van der Waals surface area contributed by atoms with E-state index in [2.05, 4.69) is 44.2 Å². The van der Waals surface area contributed by atoms with E-state index in [-0.39, 0.29) is 17.9 Å². The third kappa shape index (κ3) is 4.24. The molecule has 0 saturated carbocycles. The molecule has 3 atom stereocenters. The molecule has 3 aromatic rings. The van der Waals surface area contributed by atoms with Crippen molar-refractivity contribution in [3.05, 3.63) is 101 Å². The summed E-state index contributed by atoms with van der Waals surface area (Å²) < 4.78 is 5.52. The maximum atomic E-state index is 13.8. The highest BCUT2D eigenvalue weighted by molar-refractivity contribution is 6.00. The lowest BCUT2D eigenvalue weighted by molar-refractivity contribution is -0.153. The van der Waals surface area contributed by atoms with E-state index in [1.807, 2.05) is 53.4 Å². The molecule has 1 aliphatic heterocycles. The van der Waals surface area contributed by atoms with Gasteiger partial charge in [0.1, 0.15) is 0 Å². The summed E-state index contributed by atoms with van der Waals surface area (Å²) in [4.78, 5) is 27.4. The first-order chi connectivity index (χ1) is 15.0. The number of amides is 1. The van der Waals surface area contributed by atoms with Crippen molar-refractivity contribution in [2.24, 2.45) is 0 Å². The van der Waals surface area contributed by atoms with Crippen LogP contribution < -0.4 is 4.90 Å². The monoisotopic (exact) mass is 413 g/mol. The lowest BCUT2D eigenvalue weighted by Gasteiger charge is -2.41. The van der Waals surface area contributed by atoms with Gasteiger partial charge in [-0.1, -0.05) is 78.4 Å². The van der Waals surface area contributed by atoms with Crippen molar-refractivity contribution in [2.75, 3.05) is 4.90 Å². The van der Waals surface area contributed by atoms with Gasteiger partial charge in [-0.15, -0.1) is 0 Å². The molecule has 4 nitrogen and oxygen atoms in total. The summed E-state index contributed by atoms with van der Waals surface area (Å²) in [7, 11) is 0. The predicted octanol–water partition coefficient (Wildman–Crippen LogP) is 5.56. The van der Waals surface area contributed by atoms with Crippen LogP contribution in [0.25, 0.3) is 0 Å². The zero-order valence-electron chi connectivity index (χ0n) is 18.1. The van der Waals surface area contributed by atoms with Gasteiger partial charge in [0.2, 0.25) is 6.10 Å². The Balaban J connectivity index is 1.78. The van der Waals surface area contributed by atoms with Gasteiger partial charge < -0.3 is 9.64 Å². The smallest absolute Gasteiger partial charge is 0.303 e. The van der Waals surface area contributed by atoms with Crippen LogP contribution in [0.3, 0.4) is 0 Å². The summed E-state index contributed by atoms with van der Waals surface area (Å²) in [6.07, 6.45) is -0.170. The first-order valence-corrected chi connectivity index (χ1v) is 10.7. The van der Waals surface area contributed by atoms with E-state index < -0.39 is 12.1 Å². The number of aryl methyl sites for hydroxylation is 1. The van der Waals surface area contributed by atoms with Crippen molar-refractivity contribution in [1.29, 1.82) is 0 Å². The topological polar surface area (TPSA) is 46.6 Å². The molecule has 158 valence electrons. The number of fused-ring (bicyclic) bond motifs is 1. The van der Waals surface area contributed by atoms with Crippen LogP contribution >= 0.6 is 0 Å². The molecule has 4 heteroatoms. The third-order valence-corrected chi connectivity index (χ3v) is 5.89. The fourth-order valence-electron chi connectivity index (χ4n) is 4.50. The zero-order valence-corrected chi connectivity index (χ0v) is 18.1. The average Bonchev–Trinajstić information content (AvgIpc) is 2.78. The molecule has 1 heterocycles. The zero-order chi connectivity index (χ0) is 22.0. The molecule has 0 bridgehead atoms. The molecule has 0 unspecified atom stereocenters. The summed E-state index contributed by atoms with van der Waals surface area (Å²) in [5.41, 5.74) is 5.09. The van der Waals surface area contributed by atoms with Gasteiger partial charge in [0.05, 0.1) is 0 Å². The normalized spacial score (nSPS) is 18.7. The molecular weight excluding hydrogens is 386 g/mol. The van der Waals surface area contributed by atoms with Gasteiger partial charge in [-0.05, 0) is 37.5 Å². The Bertz CT molecular complexity index is 1080. The number of hydrogen-bond donors (Lipinski definition) is 0. The van der Waals surface area contributed by atoms with Crippen molar-refractivity contribution in [3.63, 3.8) is 0 Å². The number of ether oxygens (including phenoxy) is 1. The minimum atomic E-state index is -0.969. The molecule has 0 fully saturated rings. The van der Waals surface area contributed by atoms with Gasteiger partial charge >= 0.3 is 5.97 Å². The van der Waals surface area contributed by atoms with Crippen LogP contribution in [-0.2, 0) is 14.3 Å². The summed E-state index contributed by atoms with van der Waals surface area (Å²) in [6.45, 7) is 5.47. The fraction of sp³-hybridized carbons (Fsp3) is 0.259. The number of hydrogen-bond acceptors (Lipinski definition) is 3. The van der Waals surface area contributed by atoms with Crippen LogP contribution in [0, 0.1) is 6.92 Å². The van der Waals surface area contributed by atoms with E-state index >= 15 is 0 Å². The minimum absolute atomic E-state index is 0.0466. The average molecular weight is 414 g/mol. The summed E-state index contributed by atoms with van der Waals surface area (Å²) in [5.74, 6) is -0.484. The predicted molar refractivity (Wildman–Crippen MR) is 122 cm³/mol. The fourth-order valence-corrected chi connectivity index (χ4v) is 4.50. The third-order valence-electron chi connectivity index (χ3n) is 5.89. The van der Waals surface area contributed by atoms with Crippen molar-refractivity contribution in [1.82, 2.24) is 0 Å². The van der Waals surface area contributed by atoms with Gasteiger partial charge in [0.25, 0.3) is 5.91 Å². The lowest BCUT2D eigenvalue weighted by Crippen LogP contribution is -2.46. The quantitative estimate of drug-likeness (QED) is 0.526. The Labute approximate surface area is 183 Å². The van der Waals surface area contributed by atoms with Crippen molar-refractivity contribution < 1.29 is 14.3 Å². The first kappa shape index (κ1) is 20.9. The SMILES string of the molecule is CC(=O)O[C@H](C(=O)N1c2ccc(C)cc2[C@@H](c2ccccc2)C[C@@H]1C)c1ccccc1. The van der Waals surface area contributed by atoms with Gasteiger partial charge in [-0.3, -0.25) is 9.59 Å². The molecule has 0 saturated heterocycles. The van der Waals surface area contributed by atoms with E-state index in [0.29, 0.717) is 5.56 Å². The van der Waals surface area contributed by atoms with Crippen LogP contribution in [0.5, 0.6) is 0 Å². The van der Waals surface area contributed by atoms with E-state index in [9.17, 15) is 9.59 Å². The second kappa shape index (κ2) is 8.76. The highest BCUT2D eigenvalue weighted by Gasteiger charge is 2.38. The number of nitrogens with zero attached hydrogens (tertiary/aromatic N) is 1. The summed E-state index contributed by atoms with van der Waals surface area (Å²) in [5, 5.41) is 0. The van der Waals surface area contributed by atoms with Gasteiger partial charge in [0, 0.05) is 30.1 Å². The first-order valence-electron chi connectivity index (χ1n) is 10.7. The molecular formula is C27H27NO3. The number of carbonyl (C=O) groups excluding carboxylic acids is 2. The molecule has 0 aromatic heterocycles. The van der Waals surface area contributed by atoms with Crippen molar-refractivity contribution >= 4 is 17.6 Å². The molecule has 1 aliphatic rings. The van der Waals surface area contributed by atoms with Crippen molar-refractivity contribution in [3.8, 4) is 0 Å². The van der Waals surface area contributed by atoms with Gasteiger partial charge in [-0.2, -0.15) is 0 Å². The van der Waals surface area contributed by atoms with Crippen LogP contribution in [0.15, 0.2) is 78.9 Å². The Hall–Kier alpha value is -3.40. The van der Waals surface area contributed by atoms with Crippen LogP contribution in [0.1, 0.15) is 54.5 Å². The molecule has 31 heavy (non-hydrogen) atoms. The molecule has 4 rings (SSSR count). The molecule has 0 radical (unpaired) electrons. The molecule has 1 amide bonds. The standard InChI is InChI=1S/C27H27NO3/c1-18-14-15-25-24(16-18)23(21-10-6-4-7-11-21)17-19(2)28(25)27(30)26(31-20(3)29)22-12-8-5-9-13-22/h4-16,19,23,26H,17H2,1-3H3/t19-,23+,26-/m0/s1. The second-order valence-corrected chi connectivity index (χ2v) is 8.22. The molecule has 0 spiro atoms. The van der Waals surface area contributed by atoms with Crippen LogP contribution in [-0.4, -0.2) is 17.9 Å². The van der Waals surface area contributed by atoms with E-state index in [4.69, 9.17) is 4.74 Å². The maximum absolute atomic E-state index is 13.8. The number of benzene rings is 3. The number of carbonyl (C=O) groups is 2. The maximum Gasteiger partial charge on any atom is 0.303 e.